The van der Waals surface area contributed by atoms with Crippen molar-refractivity contribution < 1.29 is 12.8 Å². The molecule has 1 aliphatic carbocycles. The van der Waals surface area contributed by atoms with E-state index in [1.165, 1.54) is 0 Å². The Labute approximate surface area is 117 Å². The van der Waals surface area contributed by atoms with E-state index in [4.69, 9.17) is 17.3 Å². The topological polar surface area (TPSA) is 72.2 Å². The Morgan fingerprint density at radius 2 is 2.16 bits per heavy atom. The number of nitrogens with two attached hydrogens (primary N) is 1. The van der Waals surface area contributed by atoms with E-state index in [1.807, 2.05) is 6.92 Å². The maximum Gasteiger partial charge on any atom is 0.242 e. The monoisotopic (exact) mass is 306 g/mol. The van der Waals surface area contributed by atoms with E-state index in [9.17, 15) is 12.8 Å². The largest absolute Gasteiger partial charge is 0.396 e. The van der Waals surface area contributed by atoms with Crippen LogP contribution in [0.3, 0.4) is 0 Å². The molecule has 1 saturated carbocycles. The van der Waals surface area contributed by atoms with Crippen LogP contribution < -0.4 is 10.5 Å². The van der Waals surface area contributed by atoms with E-state index in [-0.39, 0.29) is 21.5 Å². The highest BCUT2D eigenvalue weighted by molar-refractivity contribution is 7.89. The first-order valence-corrected chi connectivity index (χ1v) is 7.91. The minimum Gasteiger partial charge on any atom is -0.396 e. The summed E-state index contributed by atoms with van der Waals surface area (Å²) >= 11 is 5.76. The van der Waals surface area contributed by atoms with Gasteiger partial charge in [0.2, 0.25) is 10.0 Å². The molecule has 2 rings (SSSR count). The van der Waals surface area contributed by atoms with Crippen LogP contribution in [0.4, 0.5) is 10.1 Å². The number of rotatable bonds is 5. The number of nitrogens with one attached hydrogen (secondary N) is 1. The fraction of sp³-hybridized carbons (Fsp3) is 0.500. The number of benzene rings is 1. The number of nitrogen functional groups attached to an aromatic ring is 1. The first-order chi connectivity index (χ1) is 8.81. The molecule has 0 spiro atoms. The van der Waals surface area contributed by atoms with Gasteiger partial charge in [0, 0.05) is 6.54 Å². The first-order valence-electron chi connectivity index (χ1n) is 6.05. The fourth-order valence-corrected chi connectivity index (χ4v) is 3.59. The molecule has 1 fully saturated rings. The second-order valence-corrected chi connectivity index (χ2v) is 7.11. The zero-order chi connectivity index (χ0) is 14.2. The van der Waals surface area contributed by atoms with Crippen LogP contribution in [0.1, 0.15) is 19.8 Å². The van der Waals surface area contributed by atoms with E-state index in [0.717, 1.165) is 25.0 Å². The molecule has 0 aliphatic heterocycles. The average Bonchev–Trinajstić information content (AvgIpc) is 3.14. The fourth-order valence-electron chi connectivity index (χ4n) is 1.90. The minimum absolute atomic E-state index is 0.168. The Morgan fingerprint density at radius 1 is 1.53 bits per heavy atom. The smallest absolute Gasteiger partial charge is 0.242 e. The van der Waals surface area contributed by atoms with Crippen molar-refractivity contribution in [2.45, 2.75) is 24.7 Å². The lowest BCUT2D eigenvalue weighted by atomic mass is 10.1. The summed E-state index contributed by atoms with van der Waals surface area (Å²) in [6, 6.07) is 1.96. The van der Waals surface area contributed by atoms with Gasteiger partial charge < -0.3 is 5.73 Å². The normalized spacial score (nSPS) is 17.4. The molecular formula is C12H16ClFN2O2S. The van der Waals surface area contributed by atoms with Crippen molar-refractivity contribution in [1.82, 2.24) is 4.72 Å². The first kappa shape index (κ1) is 14.6. The SMILES string of the molecule is CC(CNS(=O)(=O)c1cc(N)c(F)cc1Cl)C1CC1. The lowest BCUT2D eigenvalue weighted by molar-refractivity contribution is 0.492. The van der Waals surface area contributed by atoms with Crippen LogP contribution in [-0.2, 0) is 10.0 Å². The van der Waals surface area contributed by atoms with Crippen LogP contribution in [0.2, 0.25) is 5.02 Å². The van der Waals surface area contributed by atoms with Gasteiger partial charge in [-0.15, -0.1) is 0 Å². The summed E-state index contributed by atoms with van der Waals surface area (Å²) in [6.07, 6.45) is 2.29. The van der Waals surface area contributed by atoms with Gasteiger partial charge in [-0.1, -0.05) is 18.5 Å². The van der Waals surface area contributed by atoms with Crippen LogP contribution in [0.15, 0.2) is 17.0 Å². The molecule has 1 aromatic rings. The second-order valence-electron chi connectivity index (χ2n) is 4.97. The Morgan fingerprint density at radius 3 is 2.74 bits per heavy atom. The summed E-state index contributed by atoms with van der Waals surface area (Å²) in [5.41, 5.74) is 5.14. The van der Waals surface area contributed by atoms with Gasteiger partial charge in [0.25, 0.3) is 0 Å². The summed E-state index contributed by atoms with van der Waals surface area (Å²) in [7, 11) is -3.76. The highest BCUT2D eigenvalue weighted by Crippen LogP contribution is 2.36. The Bertz CT molecular complexity index is 588. The lowest BCUT2D eigenvalue weighted by Crippen LogP contribution is -2.29. The van der Waals surface area contributed by atoms with Crippen molar-refractivity contribution in [2.24, 2.45) is 11.8 Å². The maximum absolute atomic E-state index is 13.2. The van der Waals surface area contributed by atoms with Crippen LogP contribution >= 0.6 is 11.6 Å². The van der Waals surface area contributed by atoms with Crippen molar-refractivity contribution in [3.05, 3.63) is 23.0 Å². The maximum atomic E-state index is 13.2. The standard InChI is InChI=1S/C12H16ClFN2O2S/c1-7(8-2-3-8)6-16-19(17,18)12-5-11(15)10(14)4-9(12)13/h4-5,7-8,16H,2-3,6,15H2,1H3. The van der Waals surface area contributed by atoms with E-state index in [1.54, 1.807) is 0 Å². The molecule has 1 unspecified atom stereocenters. The zero-order valence-corrected chi connectivity index (χ0v) is 12.1. The van der Waals surface area contributed by atoms with E-state index in [2.05, 4.69) is 4.72 Å². The second kappa shape index (κ2) is 5.26. The van der Waals surface area contributed by atoms with Crippen molar-refractivity contribution in [3.63, 3.8) is 0 Å². The van der Waals surface area contributed by atoms with Gasteiger partial charge in [-0.2, -0.15) is 0 Å². The van der Waals surface area contributed by atoms with Crippen molar-refractivity contribution in [3.8, 4) is 0 Å². The van der Waals surface area contributed by atoms with Crippen molar-refractivity contribution >= 4 is 27.3 Å². The van der Waals surface area contributed by atoms with Gasteiger partial charge in [-0.25, -0.2) is 17.5 Å². The molecule has 106 valence electrons. The van der Waals surface area contributed by atoms with E-state index in [0.29, 0.717) is 12.5 Å². The molecule has 0 aromatic heterocycles. The molecule has 4 nitrogen and oxygen atoms in total. The molecule has 1 aliphatic rings. The molecule has 0 bridgehead atoms. The number of hydrogen-bond donors (Lipinski definition) is 2. The lowest BCUT2D eigenvalue weighted by Gasteiger charge is -2.13. The summed E-state index contributed by atoms with van der Waals surface area (Å²) in [4.78, 5) is -0.184. The van der Waals surface area contributed by atoms with Gasteiger partial charge in [-0.3, -0.25) is 0 Å². The van der Waals surface area contributed by atoms with E-state index < -0.39 is 15.8 Å². The molecule has 1 aromatic carbocycles. The predicted molar refractivity (Wildman–Crippen MR) is 72.9 cm³/mol. The van der Waals surface area contributed by atoms with Crippen LogP contribution in [0.5, 0.6) is 0 Å². The van der Waals surface area contributed by atoms with Crippen molar-refractivity contribution in [1.29, 1.82) is 0 Å². The molecule has 0 saturated heterocycles. The summed E-state index contributed by atoms with van der Waals surface area (Å²) in [5.74, 6) is 0.151. The number of sulfonamides is 1. The molecule has 1 atom stereocenters. The molecule has 3 N–H and O–H groups in total. The highest BCUT2D eigenvalue weighted by Gasteiger charge is 2.29. The Hall–Kier alpha value is -0.850. The summed E-state index contributed by atoms with van der Waals surface area (Å²) in [5, 5.41) is -0.168. The molecule has 0 heterocycles. The van der Waals surface area contributed by atoms with Crippen molar-refractivity contribution in [2.75, 3.05) is 12.3 Å². The zero-order valence-electron chi connectivity index (χ0n) is 10.5. The predicted octanol–water partition coefficient (Wildman–Crippen LogP) is 2.39. The molecule has 0 amide bonds. The van der Waals surface area contributed by atoms with Gasteiger partial charge in [0.1, 0.15) is 10.7 Å². The quantitative estimate of drug-likeness (QED) is 0.820. The molecule has 7 heteroatoms. The summed E-state index contributed by atoms with van der Waals surface area (Å²) < 4.78 is 39.8. The minimum atomic E-state index is -3.76. The van der Waals surface area contributed by atoms with Gasteiger partial charge in [-0.05, 0) is 36.8 Å². The third-order valence-corrected chi connectivity index (χ3v) is 5.25. The highest BCUT2D eigenvalue weighted by atomic mass is 35.5. The van der Waals surface area contributed by atoms with Crippen LogP contribution in [0, 0.1) is 17.7 Å². The van der Waals surface area contributed by atoms with Crippen LogP contribution in [0.25, 0.3) is 0 Å². The Balaban J connectivity index is 2.16. The average molecular weight is 307 g/mol. The number of anilines is 1. The van der Waals surface area contributed by atoms with Gasteiger partial charge >= 0.3 is 0 Å². The Kier molecular flexibility index (Phi) is 4.03. The molecular weight excluding hydrogens is 291 g/mol. The molecule has 19 heavy (non-hydrogen) atoms. The van der Waals surface area contributed by atoms with E-state index >= 15 is 0 Å². The number of hydrogen-bond acceptors (Lipinski definition) is 3. The molecule has 0 radical (unpaired) electrons. The third-order valence-electron chi connectivity index (χ3n) is 3.36. The third kappa shape index (κ3) is 3.38. The van der Waals surface area contributed by atoms with Gasteiger partial charge in [0.15, 0.2) is 0 Å². The van der Waals surface area contributed by atoms with Crippen LogP contribution in [-0.4, -0.2) is 15.0 Å². The summed E-state index contributed by atoms with van der Waals surface area (Å²) in [6.45, 7) is 2.35. The number of halogens is 2. The van der Waals surface area contributed by atoms with Gasteiger partial charge in [0.05, 0.1) is 10.7 Å².